The molecular formula is C20H18N2O4S. The Hall–Kier alpha value is -3.06. The predicted molar refractivity (Wildman–Crippen MR) is 105 cm³/mol. The van der Waals surface area contributed by atoms with Crippen LogP contribution in [0.1, 0.15) is 16.9 Å². The molecule has 1 saturated heterocycles. The molecule has 6 nitrogen and oxygen atoms in total. The lowest BCUT2D eigenvalue weighted by atomic mass is 10.1. The van der Waals surface area contributed by atoms with Gasteiger partial charge in [-0.05, 0) is 48.5 Å². The molecule has 0 radical (unpaired) electrons. The van der Waals surface area contributed by atoms with Crippen molar-refractivity contribution < 1.29 is 18.8 Å². The molecule has 0 spiro atoms. The van der Waals surface area contributed by atoms with Crippen molar-refractivity contribution in [1.82, 2.24) is 10.2 Å². The lowest BCUT2D eigenvalue weighted by molar-refractivity contribution is -0.123. The average Bonchev–Trinajstić information content (AvgIpc) is 3.26. The van der Waals surface area contributed by atoms with E-state index in [4.69, 9.17) is 4.42 Å². The standard InChI is InChI=1S/C20H18N2O4S/c1-14-4-6-15(7-5-14)13-17-19(24)22(20(25)27-17)11-10-21-18(23)9-8-16-3-2-12-26-16/h2-9,12-13H,10-11H2,1H3,(H,21,23)/b9-8+,17-13-. The molecule has 1 aliphatic heterocycles. The highest BCUT2D eigenvalue weighted by atomic mass is 32.2. The summed E-state index contributed by atoms with van der Waals surface area (Å²) in [6.07, 6.45) is 6.10. The van der Waals surface area contributed by atoms with Gasteiger partial charge in [-0.15, -0.1) is 0 Å². The Labute approximate surface area is 160 Å². The van der Waals surface area contributed by atoms with E-state index in [0.29, 0.717) is 10.7 Å². The second kappa shape index (κ2) is 8.55. The number of rotatable bonds is 6. The Bertz CT molecular complexity index is 899. The first-order valence-electron chi connectivity index (χ1n) is 8.34. The Kier molecular flexibility index (Phi) is 5.93. The summed E-state index contributed by atoms with van der Waals surface area (Å²) in [6, 6.07) is 11.1. The van der Waals surface area contributed by atoms with Gasteiger partial charge in [0.05, 0.1) is 11.2 Å². The van der Waals surface area contributed by atoms with Gasteiger partial charge in [0.2, 0.25) is 5.91 Å². The summed E-state index contributed by atoms with van der Waals surface area (Å²) in [5.74, 6) is -0.100. The van der Waals surface area contributed by atoms with Crippen LogP contribution in [0.15, 0.2) is 58.1 Å². The first-order chi connectivity index (χ1) is 13.0. The van der Waals surface area contributed by atoms with Crippen molar-refractivity contribution in [2.75, 3.05) is 13.1 Å². The number of carbonyl (C=O) groups is 3. The van der Waals surface area contributed by atoms with Gasteiger partial charge in [0.1, 0.15) is 5.76 Å². The third kappa shape index (κ3) is 4.98. The van der Waals surface area contributed by atoms with Crippen LogP contribution in [0.2, 0.25) is 0 Å². The number of nitrogens with one attached hydrogen (secondary N) is 1. The minimum absolute atomic E-state index is 0.121. The van der Waals surface area contributed by atoms with E-state index in [2.05, 4.69) is 5.32 Å². The van der Waals surface area contributed by atoms with Crippen LogP contribution < -0.4 is 5.32 Å². The number of thioether (sulfide) groups is 1. The Morgan fingerprint density at radius 2 is 2.00 bits per heavy atom. The van der Waals surface area contributed by atoms with Gasteiger partial charge in [0, 0.05) is 19.2 Å². The maximum absolute atomic E-state index is 12.4. The zero-order valence-corrected chi connectivity index (χ0v) is 15.5. The predicted octanol–water partition coefficient (Wildman–Crippen LogP) is 3.45. The van der Waals surface area contributed by atoms with E-state index >= 15 is 0 Å². The summed E-state index contributed by atoms with van der Waals surface area (Å²) in [7, 11) is 0. The highest BCUT2D eigenvalue weighted by Gasteiger charge is 2.34. The summed E-state index contributed by atoms with van der Waals surface area (Å²) >= 11 is 0.908. The van der Waals surface area contributed by atoms with Gasteiger partial charge < -0.3 is 9.73 Å². The van der Waals surface area contributed by atoms with Crippen LogP contribution >= 0.6 is 11.8 Å². The van der Waals surface area contributed by atoms with Gasteiger partial charge in [-0.2, -0.15) is 0 Å². The molecule has 1 aliphatic rings. The topological polar surface area (TPSA) is 79.6 Å². The lowest BCUT2D eigenvalue weighted by Gasteiger charge is -2.12. The van der Waals surface area contributed by atoms with Crippen LogP contribution in [-0.4, -0.2) is 35.0 Å². The summed E-state index contributed by atoms with van der Waals surface area (Å²) < 4.78 is 5.09. The van der Waals surface area contributed by atoms with E-state index in [1.54, 1.807) is 24.3 Å². The number of benzene rings is 1. The van der Waals surface area contributed by atoms with E-state index in [9.17, 15) is 14.4 Å². The van der Waals surface area contributed by atoms with Crippen molar-refractivity contribution >= 4 is 41.0 Å². The quantitative estimate of drug-likeness (QED) is 0.774. The fourth-order valence-electron chi connectivity index (χ4n) is 2.40. The van der Waals surface area contributed by atoms with Crippen LogP contribution in [0, 0.1) is 6.92 Å². The summed E-state index contributed by atoms with van der Waals surface area (Å²) in [6.45, 7) is 2.28. The molecule has 7 heteroatoms. The fourth-order valence-corrected chi connectivity index (χ4v) is 3.27. The molecule has 0 atom stereocenters. The first kappa shape index (κ1) is 18.7. The molecule has 1 aromatic heterocycles. The summed E-state index contributed by atoms with van der Waals surface area (Å²) in [5, 5.41) is 2.31. The molecule has 1 N–H and O–H groups in total. The number of imide groups is 1. The molecule has 0 unspecified atom stereocenters. The number of furan rings is 1. The molecule has 138 valence electrons. The van der Waals surface area contributed by atoms with Crippen LogP contribution in [0.5, 0.6) is 0 Å². The van der Waals surface area contributed by atoms with Gasteiger partial charge >= 0.3 is 0 Å². The van der Waals surface area contributed by atoms with E-state index in [-0.39, 0.29) is 30.1 Å². The monoisotopic (exact) mass is 382 g/mol. The zero-order chi connectivity index (χ0) is 19.2. The Balaban J connectivity index is 1.53. The van der Waals surface area contributed by atoms with Crippen LogP contribution in [-0.2, 0) is 9.59 Å². The van der Waals surface area contributed by atoms with Crippen molar-refractivity contribution in [2.24, 2.45) is 0 Å². The number of nitrogens with zero attached hydrogens (tertiary/aromatic N) is 1. The molecule has 0 aliphatic carbocycles. The Morgan fingerprint density at radius 3 is 2.70 bits per heavy atom. The third-order valence-electron chi connectivity index (χ3n) is 3.83. The van der Waals surface area contributed by atoms with E-state index in [0.717, 1.165) is 27.8 Å². The molecule has 1 fully saturated rings. The number of hydrogen-bond acceptors (Lipinski definition) is 5. The van der Waals surface area contributed by atoms with Crippen LogP contribution in [0.3, 0.4) is 0 Å². The van der Waals surface area contributed by atoms with Crippen LogP contribution in [0.25, 0.3) is 12.2 Å². The van der Waals surface area contributed by atoms with Crippen LogP contribution in [0.4, 0.5) is 4.79 Å². The first-order valence-corrected chi connectivity index (χ1v) is 9.16. The molecule has 3 rings (SSSR count). The molecule has 1 aromatic carbocycles. The molecule has 0 bridgehead atoms. The van der Waals surface area contributed by atoms with E-state index in [1.165, 1.54) is 12.3 Å². The zero-order valence-electron chi connectivity index (χ0n) is 14.7. The fraction of sp³-hybridized carbons (Fsp3) is 0.150. The highest BCUT2D eigenvalue weighted by molar-refractivity contribution is 8.18. The lowest BCUT2D eigenvalue weighted by Crippen LogP contribution is -2.36. The smallest absolute Gasteiger partial charge is 0.293 e. The van der Waals surface area contributed by atoms with Crippen molar-refractivity contribution in [1.29, 1.82) is 0 Å². The average molecular weight is 382 g/mol. The maximum Gasteiger partial charge on any atom is 0.293 e. The molecule has 27 heavy (non-hydrogen) atoms. The van der Waals surface area contributed by atoms with Gasteiger partial charge in [-0.1, -0.05) is 29.8 Å². The second-order valence-corrected chi connectivity index (χ2v) is 6.88. The number of amides is 3. The number of aryl methyl sites for hydroxylation is 1. The van der Waals surface area contributed by atoms with Crippen molar-refractivity contribution in [3.8, 4) is 0 Å². The van der Waals surface area contributed by atoms with Crippen molar-refractivity contribution in [3.63, 3.8) is 0 Å². The maximum atomic E-state index is 12.4. The highest BCUT2D eigenvalue weighted by Crippen LogP contribution is 2.31. The second-order valence-electron chi connectivity index (χ2n) is 5.88. The SMILES string of the molecule is Cc1ccc(/C=C2\SC(=O)N(CCNC(=O)/C=C/c3ccco3)C2=O)cc1. The third-order valence-corrected chi connectivity index (χ3v) is 4.73. The van der Waals surface area contributed by atoms with Gasteiger partial charge in [0.25, 0.3) is 11.1 Å². The minimum Gasteiger partial charge on any atom is -0.465 e. The van der Waals surface area contributed by atoms with E-state index < -0.39 is 0 Å². The van der Waals surface area contributed by atoms with Gasteiger partial charge in [-0.25, -0.2) is 0 Å². The molecule has 2 aromatic rings. The largest absolute Gasteiger partial charge is 0.465 e. The molecule has 3 amide bonds. The summed E-state index contributed by atoms with van der Waals surface area (Å²) in [5.41, 5.74) is 1.99. The molecule has 2 heterocycles. The number of hydrogen-bond donors (Lipinski definition) is 1. The Morgan fingerprint density at radius 1 is 1.22 bits per heavy atom. The minimum atomic E-state index is -0.342. The normalized spacial score (nSPS) is 15.9. The van der Waals surface area contributed by atoms with Gasteiger partial charge in [0.15, 0.2) is 0 Å². The van der Waals surface area contributed by atoms with Crippen molar-refractivity contribution in [2.45, 2.75) is 6.92 Å². The molecular weight excluding hydrogens is 364 g/mol. The summed E-state index contributed by atoms with van der Waals surface area (Å²) in [4.78, 5) is 37.8. The van der Waals surface area contributed by atoms with Gasteiger partial charge in [-0.3, -0.25) is 19.3 Å². The van der Waals surface area contributed by atoms with Crippen molar-refractivity contribution in [3.05, 3.63) is 70.5 Å². The number of carbonyl (C=O) groups excluding carboxylic acids is 3. The molecule has 0 saturated carbocycles. The van der Waals surface area contributed by atoms with E-state index in [1.807, 2.05) is 31.2 Å².